The lowest BCUT2D eigenvalue weighted by Crippen LogP contribution is -2.48. The van der Waals surface area contributed by atoms with Crippen molar-refractivity contribution in [2.75, 3.05) is 24.5 Å². The second-order valence-corrected chi connectivity index (χ2v) is 10.1. The van der Waals surface area contributed by atoms with Gasteiger partial charge in [0.2, 0.25) is 10.0 Å². The molecule has 0 saturated carbocycles. The second kappa shape index (κ2) is 8.49. The SMILES string of the molecule is C[C@H]1CN(S(=O)(=O)c2cccc(C(=O)N3CCCCc4ccccc43)c2)C[C@H](C)O1. The molecule has 1 fully saturated rings. The van der Waals surface area contributed by atoms with Crippen molar-refractivity contribution in [3.63, 3.8) is 0 Å². The Morgan fingerprint density at radius 3 is 2.50 bits per heavy atom. The molecule has 2 aliphatic rings. The topological polar surface area (TPSA) is 66.9 Å². The number of benzene rings is 2. The van der Waals surface area contributed by atoms with Crippen molar-refractivity contribution < 1.29 is 17.9 Å². The van der Waals surface area contributed by atoms with Crippen LogP contribution in [0.2, 0.25) is 0 Å². The van der Waals surface area contributed by atoms with Gasteiger partial charge in [-0.2, -0.15) is 4.31 Å². The third-order valence-electron chi connectivity index (χ3n) is 5.71. The maximum atomic E-state index is 13.4. The van der Waals surface area contributed by atoms with Gasteiger partial charge in [-0.05, 0) is 62.9 Å². The molecule has 7 heteroatoms. The van der Waals surface area contributed by atoms with Crippen LogP contribution in [0.25, 0.3) is 0 Å². The second-order valence-electron chi connectivity index (χ2n) is 8.15. The van der Waals surface area contributed by atoms with Crippen LogP contribution in [-0.4, -0.2) is 50.5 Å². The molecule has 2 aromatic carbocycles. The van der Waals surface area contributed by atoms with E-state index in [9.17, 15) is 13.2 Å². The fourth-order valence-electron chi connectivity index (χ4n) is 4.32. The van der Waals surface area contributed by atoms with Crippen LogP contribution < -0.4 is 4.90 Å². The minimum Gasteiger partial charge on any atom is -0.373 e. The lowest BCUT2D eigenvalue weighted by atomic mass is 10.1. The van der Waals surface area contributed by atoms with Crippen molar-refractivity contribution in [1.82, 2.24) is 4.31 Å². The van der Waals surface area contributed by atoms with Crippen molar-refractivity contribution in [2.24, 2.45) is 0 Å². The molecule has 160 valence electrons. The third-order valence-corrected chi connectivity index (χ3v) is 7.54. The summed E-state index contributed by atoms with van der Waals surface area (Å²) in [7, 11) is -3.70. The predicted octanol–water partition coefficient (Wildman–Crippen LogP) is 3.47. The molecule has 0 bridgehead atoms. The Labute approximate surface area is 178 Å². The van der Waals surface area contributed by atoms with Gasteiger partial charge in [0.25, 0.3) is 5.91 Å². The molecule has 1 saturated heterocycles. The minimum atomic E-state index is -3.70. The number of rotatable bonds is 3. The molecule has 1 amide bonds. The van der Waals surface area contributed by atoms with Crippen LogP contribution in [0, 0.1) is 0 Å². The molecule has 2 atom stereocenters. The first-order valence-electron chi connectivity index (χ1n) is 10.5. The number of anilines is 1. The number of morpholine rings is 1. The lowest BCUT2D eigenvalue weighted by molar-refractivity contribution is -0.0440. The number of hydrogen-bond acceptors (Lipinski definition) is 4. The zero-order valence-electron chi connectivity index (χ0n) is 17.5. The average molecular weight is 429 g/mol. The molecular formula is C23H28N2O4S. The number of para-hydroxylation sites is 1. The van der Waals surface area contributed by atoms with Crippen LogP contribution in [-0.2, 0) is 21.2 Å². The molecule has 4 rings (SSSR count). The Hall–Kier alpha value is -2.22. The van der Waals surface area contributed by atoms with E-state index in [1.807, 2.05) is 32.0 Å². The summed E-state index contributed by atoms with van der Waals surface area (Å²) in [6.45, 7) is 4.99. The van der Waals surface area contributed by atoms with E-state index in [0.717, 1.165) is 30.5 Å². The van der Waals surface area contributed by atoms with Gasteiger partial charge in [-0.3, -0.25) is 4.79 Å². The molecular weight excluding hydrogens is 400 g/mol. The zero-order valence-corrected chi connectivity index (χ0v) is 18.3. The molecule has 0 spiro atoms. The summed E-state index contributed by atoms with van der Waals surface area (Å²) in [6, 6.07) is 14.4. The number of ether oxygens (including phenoxy) is 1. The van der Waals surface area contributed by atoms with Crippen LogP contribution in [0.4, 0.5) is 5.69 Å². The van der Waals surface area contributed by atoms with Gasteiger partial charge in [0.05, 0.1) is 17.1 Å². The number of amides is 1. The van der Waals surface area contributed by atoms with Gasteiger partial charge in [0.1, 0.15) is 0 Å². The van der Waals surface area contributed by atoms with Crippen LogP contribution in [0.1, 0.15) is 42.6 Å². The van der Waals surface area contributed by atoms with Gasteiger partial charge >= 0.3 is 0 Å². The molecule has 0 N–H and O–H groups in total. The van der Waals surface area contributed by atoms with Gasteiger partial charge in [-0.25, -0.2) is 8.42 Å². The summed E-state index contributed by atoms with van der Waals surface area (Å²) in [5.74, 6) is -0.162. The summed E-state index contributed by atoms with van der Waals surface area (Å²) >= 11 is 0. The smallest absolute Gasteiger partial charge is 0.258 e. The molecule has 0 aliphatic carbocycles. The van der Waals surface area contributed by atoms with Crippen LogP contribution in [0.5, 0.6) is 0 Å². The Morgan fingerprint density at radius 1 is 1.00 bits per heavy atom. The standard InChI is InChI=1S/C23H28N2O4S/c1-17-15-24(16-18(2)29-17)30(27,28)21-11-7-10-20(14-21)23(26)25-13-6-5-9-19-8-3-4-12-22(19)25/h3-4,7-8,10-12,14,17-18H,5-6,9,13,15-16H2,1-2H3/t17-,18-/m0/s1. The molecule has 0 unspecified atom stereocenters. The number of carbonyl (C=O) groups excluding carboxylic acids is 1. The highest BCUT2D eigenvalue weighted by Gasteiger charge is 2.33. The van der Waals surface area contributed by atoms with Crippen molar-refractivity contribution in [2.45, 2.75) is 50.2 Å². The first kappa shape index (κ1) is 21.0. The largest absolute Gasteiger partial charge is 0.373 e. The normalized spacial score (nSPS) is 22.9. The number of hydrogen-bond donors (Lipinski definition) is 0. The van der Waals surface area contributed by atoms with Crippen LogP contribution in [0.15, 0.2) is 53.4 Å². The maximum absolute atomic E-state index is 13.4. The predicted molar refractivity (Wildman–Crippen MR) is 116 cm³/mol. The van der Waals surface area contributed by atoms with Gasteiger partial charge in [-0.1, -0.05) is 24.3 Å². The first-order valence-corrected chi connectivity index (χ1v) is 12.0. The summed E-state index contributed by atoms with van der Waals surface area (Å²) in [4.78, 5) is 15.3. The first-order chi connectivity index (χ1) is 14.4. The van der Waals surface area contributed by atoms with E-state index in [1.54, 1.807) is 23.1 Å². The molecule has 2 aliphatic heterocycles. The third kappa shape index (κ3) is 4.15. The molecule has 0 radical (unpaired) electrons. The monoisotopic (exact) mass is 428 g/mol. The van der Waals surface area contributed by atoms with E-state index in [-0.39, 0.29) is 23.0 Å². The molecule has 30 heavy (non-hydrogen) atoms. The molecule has 0 aromatic heterocycles. The highest BCUT2D eigenvalue weighted by atomic mass is 32.2. The van der Waals surface area contributed by atoms with E-state index in [4.69, 9.17) is 4.74 Å². The Balaban J connectivity index is 1.64. The lowest BCUT2D eigenvalue weighted by Gasteiger charge is -2.34. The summed E-state index contributed by atoms with van der Waals surface area (Å²) in [6.07, 6.45) is 2.57. The van der Waals surface area contributed by atoms with E-state index in [0.29, 0.717) is 25.2 Å². The Kier molecular flexibility index (Phi) is 5.95. The Bertz CT molecular complexity index is 1030. The van der Waals surface area contributed by atoms with Crippen LogP contribution in [0.3, 0.4) is 0 Å². The maximum Gasteiger partial charge on any atom is 0.258 e. The van der Waals surface area contributed by atoms with Crippen molar-refractivity contribution in [3.8, 4) is 0 Å². The highest BCUT2D eigenvalue weighted by molar-refractivity contribution is 7.89. The fourth-order valence-corrected chi connectivity index (χ4v) is 5.96. The minimum absolute atomic E-state index is 0.151. The molecule has 6 nitrogen and oxygen atoms in total. The summed E-state index contributed by atoms with van der Waals surface area (Å²) in [5.41, 5.74) is 2.47. The number of aryl methyl sites for hydroxylation is 1. The Morgan fingerprint density at radius 2 is 1.73 bits per heavy atom. The van der Waals surface area contributed by atoms with Crippen LogP contribution >= 0.6 is 0 Å². The van der Waals surface area contributed by atoms with E-state index in [2.05, 4.69) is 6.07 Å². The van der Waals surface area contributed by atoms with Crippen molar-refractivity contribution in [1.29, 1.82) is 0 Å². The highest BCUT2D eigenvalue weighted by Crippen LogP contribution is 2.28. The summed E-state index contributed by atoms with van der Waals surface area (Å²) in [5, 5.41) is 0. The molecule has 2 aromatic rings. The van der Waals surface area contributed by atoms with E-state index >= 15 is 0 Å². The summed E-state index contributed by atoms with van der Waals surface area (Å²) < 4.78 is 33.6. The van der Waals surface area contributed by atoms with E-state index in [1.165, 1.54) is 10.4 Å². The zero-order chi connectivity index (χ0) is 21.3. The fraction of sp³-hybridized carbons (Fsp3) is 0.435. The quantitative estimate of drug-likeness (QED) is 0.751. The number of nitrogens with zero attached hydrogens (tertiary/aromatic N) is 2. The van der Waals surface area contributed by atoms with Crippen molar-refractivity contribution >= 4 is 21.6 Å². The number of fused-ring (bicyclic) bond motifs is 1. The van der Waals surface area contributed by atoms with Crippen molar-refractivity contribution in [3.05, 3.63) is 59.7 Å². The van der Waals surface area contributed by atoms with Gasteiger partial charge in [-0.15, -0.1) is 0 Å². The van der Waals surface area contributed by atoms with E-state index < -0.39 is 10.0 Å². The van der Waals surface area contributed by atoms with Gasteiger partial charge < -0.3 is 9.64 Å². The van der Waals surface area contributed by atoms with Gasteiger partial charge in [0, 0.05) is 30.9 Å². The number of carbonyl (C=O) groups is 1. The average Bonchev–Trinajstić information content (AvgIpc) is 2.95. The number of sulfonamides is 1. The van der Waals surface area contributed by atoms with Gasteiger partial charge in [0.15, 0.2) is 0 Å². The molecule has 2 heterocycles.